The number of piperidine rings is 1. The molecule has 2 N–H and O–H groups in total. The summed E-state index contributed by atoms with van der Waals surface area (Å²) in [5, 5.41) is 4.41. The van der Waals surface area contributed by atoms with Crippen molar-refractivity contribution in [2.45, 2.75) is 32.2 Å². The van der Waals surface area contributed by atoms with E-state index in [9.17, 15) is 9.18 Å². The van der Waals surface area contributed by atoms with Gasteiger partial charge >= 0.3 is 0 Å². The Labute approximate surface area is 166 Å². The summed E-state index contributed by atoms with van der Waals surface area (Å²) in [4.78, 5) is 29.6. The van der Waals surface area contributed by atoms with Crippen molar-refractivity contribution in [3.63, 3.8) is 0 Å². The number of aromatic nitrogens is 4. The van der Waals surface area contributed by atoms with Gasteiger partial charge in [0.25, 0.3) is 0 Å². The van der Waals surface area contributed by atoms with Gasteiger partial charge in [0.1, 0.15) is 5.65 Å². The molecule has 1 atom stereocenters. The quantitative estimate of drug-likeness (QED) is 0.696. The Hall–Kier alpha value is -2.74. The van der Waals surface area contributed by atoms with Crippen LogP contribution in [0.4, 0.5) is 10.2 Å². The average Bonchev–Trinajstić information content (AvgIpc) is 3.12. The second kappa shape index (κ2) is 7.71. The molecule has 1 aliphatic rings. The number of nitrogens with one attached hydrogen (secondary N) is 2. The molecule has 3 aromatic rings. The van der Waals surface area contributed by atoms with Gasteiger partial charge < -0.3 is 15.2 Å². The van der Waals surface area contributed by atoms with Crippen LogP contribution in [0.3, 0.4) is 0 Å². The highest BCUT2D eigenvalue weighted by Crippen LogP contribution is 2.28. The van der Waals surface area contributed by atoms with Crippen molar-refractivity contribution in [3.8, 4) is 11.4 Å². The van der Waals surface area contributed by atoms with E-state index < -0.39 is 5.82 Å². The standard InChI is InChI=1S/C19H20ClFN6O/c1-2-16(28)27-5-3-4-12(10-27)25-19-15(21)9-24-18(26-19)14-8-23-17-13(14)6-11(20)7-22-17/h6-9,12H,2-5,10H2,1H3,(H,22,23)(H,24,25,26). The molecule has 3 aromatic heterocycles. The summed E-state index contributed by atoms with van der Waals surface area (Å²) in [5.74, 6) is 0.0823. The summed E-state index contributed by atoms with van der Waals surface area (Å²) in [5.41, 5.74) is 1.35. The first kappa shape index (κ1) is 18.6. The molecule has 0 spiro atoms. The van der Waals surface area contributed by atoms with E-state index in [1.165, 1.54) is 0 Å². The molecule has 4 rings (SSSR count). The third kappa shape index (κ3) is 3.64. The maximum atomic E-state index is 14.4. The van der Waals surface area contributed by atoms with Crippen molar-refractivity contribution in [1.29, 1.82) is 0 Å². The number of H-pyrrole nitrogens is 1. The zero-order chi connectivity index (χ0) is 19.7. The van der Waals surface area contributed by atoms with E-state index >= 15 is 0 Å². The van der Waals surface area contributed by atoms with Crippen LogP contribution >= 0.6 is 11.6 Å². The van der Waals surface area contributed by atoms with Crippen molar-refractivity contribution in [3.05, 3.63) is 35.5 Å². The van der Waals surface area contributed by atoms with Crippen LogP contribution in [0.2, 0.25) is 5.02 Å². The number of amides is 1. The molecule has 9 heteroatoms. The number of hydrogen-bond acceptors (Lipinski definition) is 5. The lowest BCUT2D eigenvalue weighted by atomic mass is 10.1. The summed E-state index contributed by atoms with van der Waals surface area (Å²) in [6.45, 7) is 3.13. The molecule has 28 heavy (non-hydrogen) atoms. The first-order chi connectivity index (χ1) is 13.5. The summed E-state index contributed by atoms with van der Waals surface area (Å²) in [6.07, 6.45) is 6.62. The third-order valence-electron chi connectivity index (χ3n) is 4.90. The van der Waals surface area contributed by atoms with Crippen LogP contribution in [0.1, 0.15) is 26.2 Å². The molecule has 0 saturated carbocycles. The second-order valence-corrected chi connectivity index (χ2v) is 7.26. The van der Waals surface area contributed by atoms with E-state index in [4.69, 9.17) is 11.6 Å². The molecule has 1 fully saturated rings. The van der Waals surface area contributed by atoms with Gasteiger partial charge in [-0.3, -0.25) is 4.79 Å². The van der Waals surface area contributed by atoms with Gasteiger partial charge in [0, 0.05) is 48.9 Å². The topological polar surface area (TPSA) is 86.8 Å². The Kier molecular flexibility index (Phi) is 5.13. The van der Waals surface area contributed by atoms with Gasteiger partial charge in [-0.25, -0.2) is 19.3 Å². The fourth-order valence-corrected chi connectivity index (χ4v) is 3.66. The van der Waals surface area contributed by atoms with Crippen molar-refractivity contribution in [1.82, 2.24) is 24.8 Å². The Morgan fingerprint density at radius 3 is 3.11 bits per heavy atom. The van der Waals surface area contributed by atoms with Crippen LogP contribution in [0, 0.1) is 5.82 Å². The van der Waals surface area contributed by atoms with E-state index in [2.05, 4.69) is 25.3 Å². The summed E-state index contributed by atoms with van der Waals surface area (Å²) >= 11 is 6.05. The minimum Gasteiger partial charge on any atom is -0.363 e. The molecule has 0 aliphatic carbocycles. The number of carbonyl (C=O) groups excluding carboxylic acids is 1. The number of anilines is 1. The first-order valence-electron chi connectivity index (χ1n) is 9.25. The van der Waals surface area contributed by atoms with E-state index in [0.29, 0.717) is 35.0 Å². The number of halogens is 2. The number of carbonyl (C=O) groups is 1. The van der Waals surface area contributed by atoms with Crippen LogP contribution in [0.25, 0.3) is 22.4 Å². The van der Waals surface area contributed by atoms with Crippen LogP contribution in [-0.4, -0.2) is 49.9 Å². The monoisotopic (exact) mass is 402 g/mol. The van der Waals surface area contributed by atoms with Gasteiger partial charge in [-0.05, 0) is 18.9 Å². The Morgan fingerprint density at radius 2 is 2.29 bits per heavy atom. The summed E-state index contributed by atoms with van der Waals surface area (Å²) in [6, 6.07) is 1.71. The van der Waals surface area contributed by atoms with E-state index in [-0.39, 0.29) is 17.8 Å². The van der Waals surface area contributed by atoms with Gasteiger partial charge in [-0.1, -0.05) is 18.5 Å². The fourth-order valence-electron chi connectivity index (χ4n) is 3.50. The normalized spacial score (nSPS) is 17.1. The lowest BCUT2D eigenvalue weighted by Gasteiger charge is -2.33. The van der Waals surface area contributed by atoms with Crippen LogP contribution in [0.5, 0.6) is 0 Å². The number of rotatable bonds is 4. The van der Waals surface area contributed by atoms with Crippen molar-refractivity contribution in [2.24, 2.45) is 0 Å². The Bertz CT molecular complexity index is 1020. The number of likely N-dealkylation sites (tertiary alicyclic amines) is 1. The number of fused-ring (bicyclic) bond motifs is 1. The Balaban J connectivity index is 1.60. The number of pyridine rings is 1. The zero-order valence-electron chi connectivity index (χ0n) is 15.4. The second-order valence-electron chi connectivity index (χ2n) is 6.82. The number of hydrogen-bond donors (Lipinski definition) is 2. The Morgan fingerprint density at radius 1 is 1.43 bits per heavy atom. The lowest BCUT2D eigenvalue weighted by molar-refractivity contribution is -0.131. The predicted molar refractivity (Wildman–Crippen MR) is 106 cm³/mol. The minimum absolute atomic E-state index is 0.0550. The maximum Gasteiger partial charge on any atom is 0.222 e. The van der Waals surface area contributed by atoms with Crippen molar-refractivity contribution < 1.29 is 9.18 Å². The van der Waals surface area contributed by atoms with Gasteiger partial charge in [0.2, 0.25) is 5.91 Å². The number of nitrogens with zero attached hydrogens (tertiary/aromatic N) is 4. The summed E-state index contributed by atoms with van der Waals surface area (Å²) in [7, 11) is 0. The van der Waals surface area contributed by atoms with Crippen LogP contribution in [0.15, 0.2) is 24.7 Å². The molecule has 0 aromatic carbocycles. The van der Waals surface area contributed by atoms with Gasteiger partial charge in [0.15, 0.2) is 17.5 Å². The molecule has 146 valence electrons. The molecule has 1 aliphatic heterocycles. The molecule has 7 nitrogen and oxygen atoms in total. The van der Waals surface area contributed by atoms with Gasteiger partial charge in [0.05, 0.1) is 11.2 Å². The minimum atomic E-state index is -0.529. The maximum absolute atomic E-state index is 14.4. The van der Waals surface area contributed by atoms with E-state index in [1.54, 1.807) is 18.5 Å². The molecular formula is C19H20ClFN6O. The molecular weight excluding hydrogens is 383 g/mol. The molecule has 4 heterocycles. The molecule has 1 unspecified atom stereocenters. The number of aromatic amines is 1. The predicted octanol–water partition coefficient (Wildman–Crippen LogP) is 3.63. The third-order valence-corrected chi connectivity index (χ3v) is 5.11. The fraction of sp³-hybridized carbons (Fsp3) is 0.368. The average molecular weight is 403 g/mol. The van der Waals surface area contributed by atoms with E-state index in [0.717, 1.165) is 31.0 Å². The van der Waals surface area contributed by atoms with Crippen molar-refractivity contribution in [2.75, 3.05) is 18.4 Å². The highest BCUT2D eigenvalue weighted by atomic mass is 35.5. The van der Waals surface area contributed by atoms with Crippen LogP contribution < -0.4 is 5.32 Å². The highest BCUT2D eigenvalue weighted by Gasteiger charge is 2.24. The lowest BCUT2D eigenvalue weighted by Crippen LogP contribution is -2.45. The molecule has 0 bridgehead atoms. The highest BCUT2D eigenvalue weighted by molar-refractivity contribution is 6.31. The SMILES string of the molecule is CCC(=O)N1CCCC(Nc2nc(-c3c[nH]c4ncc(Cl)cc34)ncc2F)C1. The molecule has 1 saturated heterocycles. The van der Waals surface area contributed by atoms with Crippen molar-refractivity contribution >= 4 is 34.4 Å². The van der Waals surface area contributed by atoms with Crippen LogP contribution in [-0.2, 0) is 4.79 Å². The largest absolute Gasteiger partial charge is 0.363 e. The van der Waals surface area contributed by atoms with Gasteiger partial charge in [-0.2, -0.15) is 0 Å². The smallest absolute Gasteiger partial charge is 0.222 e. The molecule has 0 radical (unpaired) electrons. The zero-order valence-corrected chi connectivity index (χ0v) is 16.1. The molecule has 1 amide bonds. The summed E-state index contributed by atoms with van der Waals surface area (Å²) < 4.78 is 14.4. The first-order valence-corrected chi connectivity index (χ1v) is 9.62. The van der Waals surface area contributed by atoms with Gasteiger partial charge in [-0.15, -0.1) is 0 Å². The van der Waals surface area contributed by atoms with E-state index in [1.807, 2.05) is 11.8 Å².